The molecule has 18 heavy (non-hydrogen) atoms. The minimum atomic E-state index is -0.369. The summed E-state index contributed by atoms with van der Waals surface area (Å²) >= 11 is 3.06. The Labute approximate surface area is 115 Å². The fourth-order valence-electron chi connectivity index (χ4n) is 1.34. The van der Waals surface area contributed by atoms with Crippen LogP contribution in [-0.4, -0.2) is 37.0 Å². The fraction of sp³-hybridized carbons (Fsp3) is 0.462. The molecule has 3 nitrogen and oxygen atoms in total. The summed E-state index contributed by atoms with van der Waals surface area (Å²) in [5.41, 5.74) is 0.454. The Morgan fingerprint density at radius 1 is 1.50 bits per heavy atom. The van der Waals surface area contributed by atoms with Crippen molar-refractivity contribution in [2.24, 2.45) is 0 Å². The number of likely N-dealkylation sites (N-methyl/N-ethyl adjacent to an activating group) is 1. The largest absolute Gasteiger partial charge is 0.351 e. The number of benzene rings is 1. The molecule has 0 atom stereocenters. The molecule has 0 fully saturated rings. The molecular weight excluding hydrogens is 299 g/mol. The van der Waals surface area contributed by atoms with Crippen LogP contribution in [0.15, 0.2) is 22.7 Å². The normalized spacial score (nSPS) is 11.1. The minimum absolute atomic E-state index is 0.187. The predicted molar refractivity (Wildman–Crippen MR) is 74.2 cm³/mol. The van der Waals surface area contributed by atoms with Crippen molar-refractivity contribution in [2.75, 3.05) is 20.1 Å². The molecule has 1 aromatic carbocycles. The van der Waals surface area contributed by atoms with Gasteiger partial charge in [0.2, 0.25) is 0 Å². The number of rotatable bonds is 5. The highest BCUT2D eigenvalue weighted by atomic mass is 79.9. The third-order valence-corrected chi connectivity index (χ3v) is 3.42. The van der Waals surface area contributed by atoms with E-state index in [-0.39, 0.29) is 11.7 Å². The molecule has 0 aliphatic heterocycles. The summed E-state index contributed by atoms with van der Waals surface area (Å²) in [6.07, 6.45) is 0. The van der Waals surface area contributed by atoms with Gasteiger partial charge in [0.1, 0.15) is 5.82 Å². The van der Waals surface area contributed by atoms with Gasteiger partial charge in [-0.1, -0.05) is 0 Å². The summed E-state index contributed by atoms with van der Waals surface area (Å²) < 4.78 is 13.3. The number of hydrogen-bond acceptors (Lipinski definition) is 2. The summed E-state index contributed by atoms with van der Waals surface area (Å²) in [5, 5.41) is 2.81. The summed E-state index contributed by atoms with van der Waals surface area (Å²) in [6.45, 7) is 5.55. The molecule has 0 unspecified atom stereocenters. The van der Waals surface area contributed by atoms with E-state index in [0.717, 1.165) is 6.54 Å². The first-order valence-electron chi connectivity index (χ1n) is 5.85. The van der Waals surface area contributed by atoms with Gasteiger partial charge in [0, 0.05) is 24.7 Å². The van der Waals surface area contributed by atoms with Gasteiger partial charge in [0.05, 0.1) is 4.47 Å². The maximum absolute atomic E-state index is 13.0. The zero-order chi connectivity index (χ0) is 13.7. The van der Waals surface area contributed by atoms with Crippen molar-refractivity contribution in [2.45, 2.75) is 19.9 Å². The van der Waals surface area contributed by atoms with Crippen molar-refractivity contribution < 1.29 is 9.18 Å². The van der Waals surface area contributed by atoms with Gasteiger partial charge >= 0.3 is 0 Å². The number of halogens is 2. The van der Waals surface area contributed by atoms with Crippen LogP contribution in [0.1, 0.15) is 24.2 Å². The van der Waals surface area contributed by atoms with Crippen LogP contribution in [0.4, 0.5) is 4.39 Å². The molecule has 0 spiro atoms. The maximum Gasteiger partial charge on any atom is 0.251 e. The molecule has 0 saturated heterocycles. The summed E-state index contributed by atoms with van der Waals surface area (Å²) in [6, 6.07) is 4.68. The van der Waals surface area contributed by atoms with Crippen LogP contribution in [-0.2, 0) is 0 Å². The van der Waals surface area contributed by atoms with Crippen molar-refractivity contribution >= 4 is 21.8 Å². The molecule has 0 saturated carbocycles. The van der Waals surface area contributed by atoms with Crippen LogP contribution in [0.25, 0.3) is 0 Å². The molecule has 1 aromatic rings. The Morgan fingerprint density at radius 3 is 2.72 bits per heavy atom. The first-order chi connectivity index (χ1) is 8.41. The molecule has 0 aliphatic carbocycles. The number of hydrogen-bond donors (Lipinski definition) is 1. The number of nitrogens with one attached hydrogen (secondary N) is 1. The maximum atomic E-state index is 13.0. The van der Waals surface area contributed by atoms with E-state index in [0.29, 0.717) is 22.6 Å². The van der Waals surface area contributed by atoms with E-state index < -0.39 is 0 Å². The van der Waals surface area contributed by atoms with E-state index in [4.69, 9.17) is 0 Å². The van der Waals surface area contributed by atoms with Gasteiger partial charge in [-0.25, -0.2) is 4.39 Å². The number of nitrogens with zero attached hydrogens (tertiary/aromatic N) is 1. The molecule has 1 amide bonds. The van der Waals surface area contributed by atoms with E-state index in [1.54, 1.807) is 0 Å². The van der Waals surface area contributed by atoms with Crippen LogP contribution in [0.2, 0.25) is 0 Å². The molecule has 0 aromatic heterocycles. The quantitative estimate of drug-likeness (QED) is 0.905. The van der Waals surface area contributed by atoms with Crippen LogP contribution in [0.5, 0.6) is 0 Å². The topological polar surface area (TPSA) is 32.3 Å². The van der Waals surface area contributed by atoms with Crippen LogP contribution in [0.3, 0.4) is 0 Å². The average molecular weight is 317 g/mol. The smallest absolute Gasteiger partial charge is 0.251 e. The van der Waals surface area contributed by atoms with E-state index in [2.05, 4.69) is 40.0 Å². The number of carbonyl (C=O) groups excluding carboxylic acids is 1. The first kappa shape index (κ1) is 15.1. The third-order valence-electron chi connectivity index (χ3n) is 2.81. The Hall–Kier alpha value is -0.940. The van der Waals surface area contributed by atoms with E-state index in [9.17, 15) is 9.18 Å². The van der Waals surface area contributed by atoms with Gasteiger partial charge in [0.25, 0.3) is 5.91 Å². The van der Waals surface area contributed by atoms with Crippen LogP contribution >= 0.6 is 15.9 Å². The standard InChI is InChI=1S/C13H18BrFN2O/c1-9(2)17(3)7-6-16-13(18)10-4-5-12(15)11(14)8-10/h4-5,8-9H,6-7H2,1-3H3,(H,16,18). The number of carbonyl (C=O) groups is 1. The second-order valence-corrected chi connectivity index (χ2v) is 5.31. The van der Waals surface area contributed by atoms with Gasteiger partial charge in [-0.05, 0) is 55.0 Å². The molecule has 0 radical (unpaired) electrons. The van der Waals surface area contributed by atoms with Crippen LogP contribution < -0.4 is 5.32 Å². The van der Waals surface area contributed by atoms with Crippen molar-refractivity contribution in [1.82, 2.24) is 10.2 Å². The van der Waals surface area contributed by atoms with E-state index in [1.165, 1.54) is 18.2 Å². The molecule has 0 bridgehead atoms. The lowest BCUT2D eigenvalue weighted by Crippen LogP contribution is -2.36. The fourth-order valence-corrected chi connectivity index (χ4v) is 1.72. The van der Waals surface area contributed by atoms with Crippen molar-refractivity contribution in [3.63, 3.8) is 0 Å². The lowest BCUT2D eigenvalue weighted by atomic mass is 10.2. The second kappa shape index (κ2) is 6.85. The van der Waals surface area contributed by atoms with E-state index >= 15 is 0 Å². The lowest BCUT2D eigenvalue weighted by molar-refractivity contribution is 0.0948. The second-order valence-electron chi connectivity index (χ2n) is 4.46. The average Bonchev–Trinajstić information content (AvgIpc) is 2.32. The molecule has 100 valence electrons. The number of amides is 1. The highest BCUT2D eigenvalue weighted by Crippen LogP contribution is 2.16. The monoisotopic (exact) mass is 316 g/mol. The molecule has 1 rings (SSSR count). The summed E-state index contributed by atoms with van der Waals surface area (Å²) in [4.78, 5) is 13.9. The Morgan fingerprint density at radius 2 is 2.17 bits per heavy atom. The lowest BCUT2D eigenvalue weighted by Gasteiger charge is -2.20. The van der Waals surface area contributed by atoms with Gasteiger partial charge in [-0.15, -0.1) is 0 Å². The van der Waals surface area contributed by atoms with Gasteiger partial charge in [-0.2, -0.15) is 0 Å². The molecule has 0 aliphatic rings. The van der Waals surface area contributed by atoms with Crippen molar-refractivity contribution in [1.29, 1.82) is 0 Å². The van der Waals surface area contributed by atoms with Gasteiger partial charge in [-0.3, -0.25) is 4.79 Å². The Balaban J connectivity index is 2.48. The zero-order valence-corrected chi connectivity index (χ0v) is 12.4. The molecule has 5 heteroatoms. The highest BCUT2D eigenvalue weighted by molar-refractivity contribution is 9.10. The summed E-state index contributed by atoms with van der Waals surface area (Å²) in [7, 11) is 2.01. The summed E-state index contributed by atoms with van der Waals surface area (Å²) in [5.74, 6) is -0.557. The zero-order valence-electron chi connectivity index (χ0n) is 10.8. The highest BCUT2D eigenvalue weighted by Gasteiger charge is 2.09. The molecule has 1 N–H and O–H groups in total. The van der Waals surface area contributed by atoms with Gasteiger partial charge < -0.3 is 10.2 Å². The van der Waals surface area contributed by atoms with Crippen molar-refractivity contribution in [3.8, 4) is 0 Å². The Kier molecular flexibility index (Phi) is 5.75. The first-order valence-corrected chi connectivity index (χ1v) is 6.64. The predicted octanol–water partition coefficient (Wildman–Crippen LogP) is 2.66. The third kappa shape index (κ3) is 4.38. The van der Waals surface area contributed by atoms with Gasteiger partial charge in [0.15, 0.2) is 0 Å². The SMILES string of the molecule is CC(C)N(C)CCNC(=O)c1ccc(F)c(Br)c1. The Bertz CT molecular complexity index is 423. The minimum Gasteiger partial charge on any atom is -0.351 e. The van der Waals surface area contributed by atoms with E-state index in [1.807, 2.05) is 7.05 Å². The van der Waals surface area contributed by atoms with Crippen molar-refractivity contribution in [3.05, 3.63) is 34.1 Å². The van der Waals surface area contributed by atoms with Crippen LogP contribution in [0, 0.1) is 5.82 Å². The molecular formula is C13H18BrFN2O. The molecule has 0 heterocycles.